The number of aromatic nitrogens is 1. The fraction of sp³-hybridized carbons (Fsp3) is 0.267. The first kappa shape index (κ1) is 20.3. The molecule has 1 aromatic carbocycles. The standard InChI is InChI=1S/C15H18N4O.2ClH/c1-10(2)13(16)15(20)19-18-9-12-6-3-5-11-7-4-8-17-14(11)12;;/h3-10,13H,16H2,1-2H3,(H,19,20);2*1H. The molecule has 1 heterocycles. The number of rotatable bonds is 4. The first-order valence-corrected chi connectivity index (χ1v) is 6.52. The van der Waals surface area contributed by atoms with Gasteiger partial charge in [0.1, 0.15) is 0 Å². The third kappa shape index (κ3) is 4.94. The molecular weight excluding hydrogens is 323 g/mol. The van der Waals surface area contributed by atoms with Gasteiger partial charge in [-0.25, -0.2) is 5.43 Å². The first-order chi connectivity index (χ1) is 9.59. The fourth-order valence-corrected chi connectivity index (χ4v) is 1.77. The van der Waals surface area contributed by atoms with E-state index in [4.69, 9.17) is 5.73 Å². The van der Waals surface area contributed by atoms with Crippen LogP contribution < -0.4 is 11.2 Å². The van der Waals surface area contributed by atoms with E-state index in [1.165, 1.54) is 0 Å². The van der Waals surface area contributed by atoms with E-state index in [1.807, 2.05) is 44.2 Å². The third-order valence-corrected chi connectivity index (χ3v) is 3.06. The minimum absolute atomic E-state index is 0. The molecule has 22 heavy (non-hydrogen) atoms. The van der Waals surface area contributed by atoms with E-state index in [0.29, 0.717) is 0 Å². The molecule has 0 aliphatic rings. The van der Waals surface area contributed by atoms with Gasteiger partial charge in [-0.2, -0.15) is 5.10 Å². The molecular formula is C15H20Cl2N4O. The van der Waals surface area contributed by atoms with Crippen LogP contribution in [0.3, 0.4) is 0 Å². The number of nitrogens with two attached hydrogens (primary N) is 1. The summed E-state index contributed by atoms with van der Waals surface area (Å²) in [6.07, 6.45) is 3.31. The third-order valence-electron chi connectivity index (χ3n) is 3.06. The number of hydrogen-bond donors (Lipinski definition) is 2. The zero-order chi connectivity index (χ0) is 14.5. The summed E-state index contributed by atoms with van der Waals surface area (Å²) in [5.74, 6) is -0.214. The van der Waals surface area contributed by atoms with Gasteiger partial charge in [0, 0.05) is 17.1 Å². The van der Waals surface area contributed by atoms with Gasteiger partial charge in [-0.1, -0.05) is 38.1 Å². The number of benzene rings is 1. The summed E-state index contributed by atoms with van der Waals surface area (Å²) in [6, 6.07) is 9.10. The van der Waals surface area contributed by atoms with Crippen molar-refractivity contribution in [2.45, 2.75) is 19.9 Å². The van der Waals surface area contributed by atoms with Crippen LogP contribution in [-0.2, 0) is 4.79 Å². The maximum absolute atomic E-state index is 11.7. The Hall–Kier alpha value is -1.69. The molecule has 0 aliphatic carbocycles. The molecule has 7 heteroatoms. The Bertz CT molecular complexity index is 641. The second kappa shape index (κ2) is 9.35. The van der Waals surface area contributed by atoms with E-state index in [9.17, 15) is 4.79 Å². The van der Waals surface area contributed by atoms with E-state index in [0.717, 1.165) is 16.5 Å². The SMILES string of the molecule is CC(C)C(N)C(=O)NN=Cc1cccc2cccnc12.Cl.Cl. The van der Waals surface area contributed by atoms with Gasteiger partial charge in [0.2, 0.25) is 0 Å². The van der Waals surface area contributed by atoms with E-state index in [2.05, 4.69) is 15.5 Å². The molecule has 0 saturated carbocycles. The molecule has 2 aromatic rings. The van der Waals surface area contributed by atoms with Crippen molar-refractivity contribution in [2.75, 3.05) is 0 Å². The number of pyridine rings is 1. The molecule has 0 spiro atoms. The second-order valence-corrected chi connectivity index (χ2v) is 4.93. The highest BCUT2D eigenvalue weighted by Gasteiger charge is 2.16. The summed E-state index contributed by atoms with van der Waals surface area (Å²) in [5.41, 5.74) is 9.88. The molecule has 1 aromatic heterocycles. The Labute approximate surface area is 142 Å². The van der Waals surface area contributed by atoms with Crippen molar-refractivity contribution in [1.82, 2.24) is 10.4 Å². The summed E-state index contributed by atoms with van der Waals surface area (Å²) in [7, 11) is 0. The Kier molecular flexibility index (Phi) is 8.63. The van der Waals surface area contributed by atoms with Crippen LogP contribution >= 0.6 is 24.8 Å². The lowest BCUT2D eigenvalue weighted by atomic mass is 10.1. The predicted molar refractivity (Wildman–Crippen MR) is 94.8 cm³/mol. The monoisotopic (exact) mass is 342 g/mol. The van der Waals surface area contributed by atoms with Crippen LogP contribution in [0.2, 0.25) is 0 Å². The number of nitrogens with one attached hydrogen (secondary N) is 1. The predicted octanol–water partition coefficient (Wildman–Crippen LogP) is 2.51. The molecule has 0 fully saturated rings. The van der Waals surface area contributed by atoms with Gasteiger partial charge in [0.05, 0.1) is 17.8 Å². The average Bonchev–Trinajstić information content (AvgIpc) is 2.46. The smallest absolute Gasteiger partial charge is 0.257 e. The number of halogens is 2. The first-order valence-electron chi connectivity index (χ1n) is 6.52. The van der Waals surface area contributed by atoms with E-state index in [-0.39, 0.29) is 36.6 Å². The lowest BCUT2D eigenvalue weighted by Crippen LogP contribution is -2.42. The maximum atomic E-state index is 11.7. The van der Waals surface area contributed by atoms with Crippen LogP contribution in [0.1, 0.15) is 19.4 Å². The molecule has 2 rings (SSSR count). The van der Waals surface area contributed by atoms with E-state index in [1.54, 1.807) is 12.4 Å². The maximum Gasteiger partial charge on any atom is 0.257 e. The molecule has 5 nitrogen and oxygen atoms in total. The van der Waals surface area contributed by atoms with Crippen molar-refractivity contribution in [3.05, 3.63) is 42.1 Å². The minimum atomic E-state index is -0.558. The van der Waals surface area contributed by atoms with Crippen LogP contribution in [-0.4, -0.2) is 23.1 Å². The summed E-state index contributed by atoms with van der Waals surface area (Å²) < 4.78 is 0. The molecule has 1 atom stereocenters. The fourth-order valence-electron chi connectivity index (χ4n) is 1.77. The number of para-hydroxylation sites is 1. The highest BCUT2D eigenvalue weighted by atomic mass is 35.5. The van der Waals surface area contributed by atoms with Crippen LogP contribution in [0.4, 0.5) is 0 Å². The molecule has 3 N–H and O–H groups in total. The molecule has 1 unspecified atom stereocenters. The lowest BCUT2D eigenvalue weighted by Gasteiger charge is -2.12. The van der Waals surface area contributed by atoms with Gasteiger partial charge in [0.25, 0.3) is 5.91 Å². The zero-order valence-corrected chi connectivity index (χ0v) is 14.0. The van der Waals surface area contributed by atoms with Gasteiger partial charge in [-0.15, -0.1) is 24.8 Å². The van der Waals surface area contributed by atoms with Crippen molar-refractivity contribution in [2.24, 2.45) is 16.8 Å². The minimum Gasteiger partial charge on any atom is -0.320 e. The van der Waals surface area contributed by atoms with Gasteiger partial charge in [-0.3, -0.25) is 9.78 Å². The lowest BCUT2D eigenvalue weighted by molar-refractivity contribution is -0.123. The second-order valence-electron chi connectivity index (χ2n) is 4.93. The molecule has 0 bridgehead atoms. The van der Waals surface area contributed by atoms with Crippen LogP contribution in [0.5, 0.6) is 0 Å². The number of hydrazone groups is 1. The number of nitrogens with zero attached hydrogens (tertiary/aromatic N) is 2. The summed E-state index contributed by atoms with van der Waals surface area (Å²) in [6.45, 7) is 3.78. The van der Waals surface area contributed by atoms with Crippen molar-refractivity contribution >= 4 is 47.8 Å². The van der Waals surface area contributed by atoms with Crippen molar-refractivity contribution in [3.8, 4) is 0 Å². The Morgan fingerprint density at radius 3 is 2.64 bits per heavy atom. The molecule has 120 valence electrons. The normalized spacial score (nSPS) is 11.8. The summed E-state index contributed by atoms with van der Waals surface area (Å²) in [4.78, 5) is 16.0. The topological polar surface area (TPSA) is 80.4 Å². The van der Waals surface area contributed by atoms with Crippen molar-refractivity contribution in [1.29, 1.82) is 0 Å². The number of carbonyl (C=O) groups is 1. The van der Waals surface area contributed by atoms with Crippen molar-refractivity contribution < 1.29 is 4.79 Å². The number of carbonyl (C=O) groups excluding carboxylic acids is 1. The Morgan fingerprint density at radius 2 is 1.95 bits per heavy atom. The van der Waals surface area contributed by atoms with Crippen LogP contribution in [0.15, 0.2) is 41.6 Å². The molecule has 0 aliphatic heterocycles. The van der Waals surface area contributed by atoms with Crippen LogP contribution in [0.25, 0.3) is 10.9 Å². The summed E-state index contributed by atoms with van der Waals surface area (Å²) in [5, 5.41) is 4.98. The van der Waals surface area contributed by atoms with Gasteiger partial charge in [-0.05, 0) is 12.0 Å². The average molecular weight is 343 g/mol. The Balaban J connectivity index is 0.00000220. The Morgan fingerprint density at radius 1 is 1.27 bits per heavy atom. The highest BCUT2D eigenvalue weighted by molar-refractivity contribution is 5.97. The number of fused-ring (bicyclic) bond motifs is 1. The number of amides is 1. The molecule has 1 amide bonds. The highest BCUT2D eigenvalue weighted by Crippen LogP contribution is 2.13. The van der Waals surface area contributed by atoms with E-state index >= 15 is 0 Å². The van der Waals surface area contributed by atoms with Crippen LogP contribution in [0, 0.1) is 5.92 Å². The van der Waals surface area contributed by atoms with Gasteiger partial charge < -0.3 is 5.73 Å². The molecule has 0 saturated heterocycles. The number of hydrogen-bond acceptors (Lipinski definition) is 4. The van der Waals surface area contributed by atoms with Gasteiger partial charge >= 0.3 is 0 Å². The van der Waals surface area contributed by atoms with E-state index < -0.39 is 6.04 Å². The van der Waals surface area contributed by atoms with Gasteiger partial charge in [0.15, 0.2) is 0 Å². The largest absolute Gasteiger partial charge is 0.320 e. The zero-order valence-electron chi connectivity index (χ0n) is 12.4. The molecule has 0 radical (unpaired) electrons. The summed E-state index contributed by atoms with van der Waals surface area (Å²) >= 11 is 0. The van der Waals surface area contributed by atoms with Crippen molar-refractivity contribution in [3.63, 3.8) is 0 Å². The quantitative estimate of drug-likeness (QED) is 0.661.